The van der Waals surface area contributed by atoms with Gasteiger partial charge in [-0.05, 0) is 18.6 Å². The fourth-order valence-electron chi connectivity index (χ4n) is 3.76. The Bertz CT molecular complexity index is 1070. The predicted molar refractivity (Wildman–Crippen MR) is 105 cm³/mol. The molecule has 6 heteroatoms. The van der Waals surface area contributed by atoms with Crippen LogP contribution in [0.1, 0.15) is 34.3 Å². The van der Waals surface area contributed by atoms with Crippen molar-refractivity contribution in [3.63, 3.8) is 0 Å². The topological polar surface area (TPSA) is 55.4 Å². The smallest absolute Gasteiger partial charge is 0.336 e. The molecule has 136 valence electrons. The second-order valence-corrected chi connectivity index (χ2v) is 7.18. The van der Waals surface area contributed by atoms with Gasteiger partial charge in [-0.15, -0.1) is 0 Å². The molecule has 2 aromatic carbocycles. The van der Waals surface area contributed by atoms with E-state index in [1.165, 1.54) is 7.11 Å². The Hall–Kier alpha value is -2.56. The first-order valence-corrected chi connectivity index (χ1v) is 9.09. The van der Waals surface area contributed by atoms with Gasteiger partial charge in [0.25, 0.3) is 0 Å². The van der Waals surface area contributed by atoms with E-state index >= 15 is 0 Å². The number of rotatable bonds is 2. The van der Waals surface area contributed by atoms with Crippen LogP contribution < -0.4 is 5.32 Å². The molecule has 1 heterocycles. The second kappa shape index (κ2) is 6.55. The van der Waals surface area contributed by atoms with Gasteiger partial charge in [-0.1, -0.05) is 59.6 Å². The minimum absolute atomic E-state index is 0.136. The van der Waals surface area contributed by atoms with Crippen molar-refractivity contribution < 1.29 is 14.3 Å². The number of dihydropyridines is 1. The molecule has 0 saturated heterocycles. The molecule has 2 aromatic rings. The van der Waals surface area contributed by atoms with E-state index in [4.69, 9.17) is 27.9 Å². The third-order valence-corrected chi connectivity index (χ3v) is 5.78. The molecule has 0 fully saturated rings. The van der Waals surface area contributed by atoms with Crippen LogP contribution in [-0.4, -0.2) is 18.9 Å². The van der Waals surface area contributed by atoms with E-state index in [-0.39, 0.29) is 5.78 Å². The minimum atomic E-state index is -0.667. The normalized spacial score (nSPS) is 18.2. The summed E-state index contributed by atoms with van der Waals surface area (Å²) in [5.41, 5.74) is 4.14. The van der Waals surface area contributed by atoms with Gasteiger partial charge in [0.2, 0.25) is 0 Å². The fourth-order valence-corrected chi connectivity index (χ4v) is 4.18. The Morgan fingerprint density at radius 2 is 1.78 bits per heavy atom. The molecule has 0 bridgehead atoms. The number of halogens is 2. The Labute approximate surface area is 166 Å². The lowest BCUT2D eigenvalue weighted by molar-refractivity contribution is -0.136. The van der Waals surface area contributed by atoms with Crippen molar-refractivity contribution in [2.45, 2.75) is 12.8 Å². The summed E-state index contributed by atoms with van der Waals surface area (Å²) in [6.45, 7) is 1.78. The third-order valence-electron chi connectivity index (χ3n) is 4.95. The zero-order valence-electron chi connectivity index (χ0n) is 14.6. The molecule has 27 heavy (non-hydrogen) atoms. The molecule has 0 radical (unpaired) electrons. The van der Waals surface area contributed by atoms with Crippen molar-refractivity contribution in [3.8, 4) is 0 Å². The highest BCUT2D eigenvalue weighted by atomic mass is 35.5. The van der Waals surface area contributed by atoms with Gasteiger partial charge in [-0.2, -0.15) is 0 Å². The summed E-state index contributed by atoms with van der Waals surface area (Å²) in [6.07, 6.45) is 0. The Morgan fingerprint density at radius 3 is 2.48 bits per heavy atom. The van der Waals surface area contributed by atoms with Crippen LogP contribution in [0.5, 0.6) is 0 Å². The van der Waals surface area contributed by atoms with Crippen LogP contribution in [0, 0.1) is 0 Å². The molecular formula is C21H15Cl2NO3. The Balaban J connectivity index is 2.01. The highest BCUT2D eigenvalue weighted by Gasteiger charge is 2.43. The lowest BCUT2D eigenvalue weighted by Crippen LogP contribution is -2.29. The molecule has 4 nitrogen and oxygen atoms in total. The highest BCUT2D eigenvalue weighted by Crippen LogP contribution is 2.48. The number of carbonyl (C=O) groups is 2. The van der Waals surface area contributed by atoms with E-state index in [9.17, 15) is 9.59 Å². The predicted octanol–water partition coefficient (Wildman–Crippen LogP) is 4.73. The molecule has 0 spiro atoms. The number of ketones is 1. The molecule has 2 aliphatic rings. The van der Waals surface area contributed by atoms with Gasteiger partial charge in [-0.25, -0.2) is 4.79 Å². The quantitative estimate of drug-likeness (QED) is 0.741. The van der Waals surface area contributed by atoms with Crippen molar-refractivity contribution >= 4 is 40.7 Å². The monoisotopic (exact) mass is 399 g/mol. The Kier molecular flexibility index (Phi) is 4.33. The van der Waals surface area contributed by atoms with Crippen LogP contribution in [0.4, 0.5) is 0 Å². The summed E-state index contributed by atoms with van der Waals surface area (Å²) in [4.78, 5) is 25.8. The fraction of sp³-hybridized carbons (Fsp3) is 0.143. The lowest BCUT2D eigenvalue weighted by atomic mass is 9.80. The van der Waals surface area contributed by atoms with Crippen LogP contribution in [-0.2, 0) is 9.53 Å². The van der Waals surface area contributed by atoms with E-state index < -0.39 is 11.9 Å². The molecule has 1 aliphatic carbocycles. The number of benzene rings is 2. The van der Waals surface area contributed by atoms with Gasteiger partial charge < -0.3 is 10.1 Å². The molecule has 1 unspecified atom stereocenters. The van der Waals surface area contributed by atoms with E-state index in [1.54, 1.807) is 31.2 Å². The number of Topliss-reactive ketones (excluding diaryl/α,β-unsaturated/α-hetero) is 1. The summed E-state index contributed by atoms with van der Waals surface area (Å²) in [5.74, 6) is -1.32. The largest absolute Gasteiger partial charge is 0.466 e. The van der Waals surface area contributed by atoms with E-state index in [1.807, 2.05) is 18.2 Å². The van der Waals surface area contributed by atoms with Gasteiger partial charge in [0.15, 0.2) is 5.78 Å². The minimum Gasteiger partial charge on any atom is -0.466 e. The summed E-state index contributed by atoms with van der Waals surface area (Å²) >= 11 is 12.7. The van der Waals surface area contributed by atoms with Crippen molar-refractivity contribution in [1.82, 2.24) is 5.32 Å². The zero-order valence-corrected chi connectivity index (χ0v) is 16.1. The summed E-state index contributed by atoms with van der Waals surface area (Å²) < 4.78 is 5.00. The number of fused-ring (bicyclic) bond motifs is 2. The first-order valence-electron chi connectivity index (χ1n) is 8.34. The molecule has 1 atom stereocenters. The average molecular weight is 400 g/mol. The molecule has 1 aliphatic heterocycles. The van der Waals surface area contributed by atoms with Gasteiger partial charge >= 0.3 is 5.97 Å². The van der Waals surface area contributed by atoms with Gasteiger partial charge in [0.05, 0.1) is 34.3 Å². The van der Waals surface area contributed by atoms with Gasteiger partial charge in [-0.3, -0.25) is 4.79 Å². The third kappa shape index (κ3) is 2.59. The number of hydrogen-bond donors (Lipinski definition) is 1. The maximum Gasteiger partial charge on any atom is 0.336 e. The van der Waals surface area contributed by atoms with Crippen molar-refractivity contribution in [3.05, 3.63) is 86.0 Å². The number of esters is 1. The van der Waals surface area contributed by atoms with E-state index in [0.717, 1.165) is 5.56 Å². The number of carbonyl (C=O) groups excluding carboxylic acids is 2. The van der Waals surface area contributed by atoms with Crippen LogP contribution >= 0.6 is 23.2 Å². The summed E-state index contributed by atoms with van der Waals surface area (Å²) in [5, 5.41) is 3.90. The second-order valence-electron chi connectivity index (χ2n) is 6.39. The number of ether oxygens (including phenoxy) is 1. The SMILES string of the molecule is COC(=O)C1=C(C)NC2=C(C(=O)c3ccccc32)C1c1cccc(Cl)c1Cl. The molecule has 0 aromatic heterocycles. The molecule has 4 rings (SSSR count). The van der Waals surface area contributed by atoms with E-state index in [0.29, 0.717) is 43.7 Å². The molecule has 0 saturated carbocycles. The van der Waals surface area contributed by atoms with Crippen LogP contribution in [0.3, 0.4) is 0 Å². The molecular weight excluding hydrogens is 385 g/mol. The van der Waals surface area contributed by atoms with Crippen molar-refractivity contribution in [1.29, 1.82) is 0 Å². The van der Waals surface area contributed by atoms with E-state index in [2.05, 4.69) is 5.32 Å². The first-order chi connectivity index (χ1) is 13.0. The van der Waals surface area contributed by atoms with Crippen molar-refractivity contribution in [2.24, 2.45) is 0 Å². The van der Waals surface area contributed by atoms with Crippen LogP contribution in [0.25, 0.3) is 5.70 Å². The van der Waals surface area contributed by atoms with Gasteiger partial charge in [0.1, 0.15) is 0 Å². The highest BCUT2D eigenvalue weighted by molar-refractivity contribution is 6.42. The maximum absolute atomic E-state index is 13.2. The van der Waals surface area contributed by atoms with Crippen LogP contribution in [0.15, 0.2) is 59.3 Å². The number of hydrogen-bond acceptors (Lipinski definition) is 4. The molecule has 1 N–H and O–H groups in total. The standard InChI is InChI=1S/C21H15Cl2NO3/c1-10-15(21(26)27-2)16(13-8-5-9-14(22)18(13)23)17-19(24-10)11-6-3-4-7-12(11)20(17)25/h3-9,16,24H,1-2H3. The first kappa shape index (κ1) is 17.8. The maximum atomic E-state index is 13.2. The lowest BCUT2D eigenvalue weighted by Gasteiger charge is -2.29. The number of methoxy groups -OCH3 is 1. The van der Waals surface area contributed by atoms with Crippen molar-refractivity contribution in [2.75, 3.05) is 7.11 Å². The summed E-state index contributed by atoms with van der Waals surface area (Å²) in [7, 11) is 1.31. The molecule has 0 amide bonds. The van der Waals surface area contributed by atoms with Gasteiger partial charge in [0, 0.05) is 22.4 Å². The average Bonchev–Trinajstić information content (AvgIpc) is 2.95. The Morgan fingerprint density at radius 1 is 1.07 bits per heavy atom. The summed E-state index contributed by atoms with van der Waals surface area (Å²) in [6, 6.07) is 12.6. The number of allylic oxidation sites excluding steroid dienone is 2. The van der Waals surface area contributed by atoms with Crippen LogP contribution in [0.2, 0.25) is 10.0 Å². The number of nitrogens with one attached hydrogen (secondary N) is 1. The zero-order chi connectivity index (χ0) is 19.3.